The molecule has 18 heavy (non-hydrogen) atoms. The lowest BCUT2D eigenvalue weighted by Crippen LogP contribution is -2.46. The number of aliphatic carboxylic acids is 1. The minimum absolute atomic E-state index is 0.296. The Morgan fingerprint density at radius 3 is 2.78 bits per heavy atom. The molecule has 0 bridgehead atoms. The van der Waals surface area contributed by atoms with E-state index in [1.807, 2.05) is 0 Å². The number of hydrogen-bond donors (Lipinski definition) is 1. The minimum atomic E-state index is -0.661. The highest BCUT2D eigenvalue weighted by Gasteiger charge is 2.30. The molecule has 104 valence electrons. The lowest BCUT2D eigenvalue weighted by Gasteiger charge is -2.41. The molecule has 2 saturated heterocycles. The van der Waals surface area contributed by atoms with Crippen molar-refractivity contribution in [1.29, 1.82) is 0 Å². The Labute approximate surface area is 109 Å². The zero-order valence-corrected chi connectivity index (χ0v) is 11.3. The number of ether oxygens (including phenoxy) is 1. The van der Waals surface area contributed by atoms with Crippen LogP contribution in [0.1, 0.15) is 39.0 Å². The Morgan fingerprint density at radius 2 is 2.11 bits per heavy atom. The lowest BCUT2D eigenvalue weighted by molar-refractivity contribution is -0.138. The summed E-state index contributed by atoms with van der Waals surface area (Å²) in [5.74, 6) is 0.188. The number of rotatable bonds is 4. The molecule has 0 aromatic carbocycles. The van der Waals surface area contributed by atoms with Crippen LogP contribution >= 0.6 is 0 Å². The van der Waals surface area contributed by atoms with Gasteiger partial charge >= 0.3 is 5.97 Å². The van der Waals surface area contributed by atoms with Crippen molar-refractivity contribution in [3.63, 3.8) is 0 Å². The second-order valence-electron chi connectivity index (χ2n) is 5.82. The fourth-order valence-electron chi connectivity index (χ4n) is 3.33. The smallest absolute Gasteiger partial charge is 0.303 e. The van der Waals surface area contributed by atoms with Crippen LogP contribution in [0.4, 0.5) is 0 Å². The van der Waals surface area contributed by atoms with Gasteiger partial charge in [-0.2, -0.15) is 0 Å². The Balaban J connectivity index is 1.85. The standard InChI is InChI=1S/C14H25NO3/c1-11(9-14(16)17)12-3-2-6-15(10-12)13-4-7-18-8-5-13/h11-13H,2-10H2,1H3,(H,16,17). The van der Waals surface area contributed by atoms with E-state index in [1.54, 1.807) is 0 Å². The van der Waals surface area contributed by atoms with Crippen LogP contribution in [-0.4, -0.2) is 48.3 Å². The van der Waals surface area contributed by atoms with Crippen molar-refractivity contribution >= 4 is 5.97 Å². The molecule has 0 spiro atoms. The van der Waals surface area contributed by atoms with Crippen molar-refractivity contribution in [3.8, 4) is 0 Å². The van der Waals surface area contributed by atoms with Crippen molar-refractivity contribution < 1.29 is 14.6 Å². The number of piperidine rings is 1. The maximum atomic E-state index is 10.8. The van der Waals surface area contributed by atoms with Gasteiger partial charge in [-0.15, -0.1) is 0 Å². The van der Waals surface area contributed by atoms with E-state index in [1.165, 1.54) is 19.4 Å². The third-order valence-electron chi connectivity index (χ3n) is 4.50. The van der Waals surface area contributed by atoms with Crippen LogP contribution in [0.25, 0.3) is 0 Å². The van der Waals surface area contributed by atoms with Crippen LogP contribution in [0.2, 0.25) is 0 Å². The molecule has 0 radical (unpaired) electrons. The van der Waals surface area contributed by atoms with Crippen LogP contribution in [0.15, 0.2) is 0 Å². The average Bonchev–Trinajstić information content (AvgIpc) is 2.39. The first-order valence-electron chi connectivity index (χ1n) is 7.20. The Bertz CT molecular complexity index is 276. The topological polar surface area (TPSA) is 49.8 Å². The molecule has 2 fully saturated rings. The van der Waals surface area contributed by atoms with Crippen LogP contribution in [0.3, 0.4) is 0 Å². The van der Waals surface area contributed by atoms with Gasteiger partial charge in [0.15, 0.2) is 0 Å². The molecular weight excluding hydrogens is 230 g/mol. The highest BCUT2D eigenvalue weighted by atomic mass is 16.5. The summed E-state index contributed by atoms with van der Waals surface area (Å²) in [4.78, 5) is 13.4. The number of likely N-dealkylation sites (tertiary alicyclic amines) is 1. The first-order valence-corrected chi connectivity index (χ1v) is 7.20. The summed E-state index contributed by atoms with van der Waals surface area (Å²) in [6, 6.07) is 0.665. The summed E-state index contributed by atoms with van der Waals surface area (Å²) in [6.07, 6.45) is 4.99. The molecular formula is C14H25NO3. The van der Waals surface area contributed by atoms with Crippen molar-refractivity contribution in [2.24, 2.45) is 11.8 Å². The maximum absolute atomic E-state index is 10.8. The minimum Gasteiger partial charge on any atom is -0.481 e. The first kappa shape index (κ1) is 13.8. The maximum Gasteiger partial charge on any atom is 0.303 e. The molecule has 2 heterocycles. The normalized spacial score (nSPS) is 29.1. The summed E-state index contributed by atoms with van der Waals surface area (Å²) < 4.78 is 5.41. The molecule has 0 saturated carbocycles. The summed E-state index contributed by atoms with van der Waals surface area (Å²) in [7, 11) is 0. The second kappa shape index (κ2) is 6.53. The number of carbonyl (C=O) groups is 1. The Morgan fingerprint density at radius 1 is 1.39 bits per heavy atom. The Hall–Kier alpha value is -0.610. The zero-order chi connectivity index (χ0) is 13.0. The van der Waals surface area contributed by atoms with Crippen LogP contribution < -0.4 is 0 Å². The SMILES string of the molecule is CC(CC(=O)O)C1CCCN(C2CCOCC2)C1. The summed E-state index contributed by atoms with van der Waals surface area (Å²) in [5, 5.41) is 8.90. The predicted octanol–water partition coefficient (Wildman–Crippen LogP) is 1.99. The number of carboxylic acids is 1. The van der Waals surface area contributed by atoms with Crippen LogP contribution in [-0.2, 0) is 9.53 Å². The van der Waals surface area contributed by atoms with E-state index < -0.39 is 5.97 Å². The van der Waals surface area contributed by atoms with Gasteiger partial charge in [-0.05, 0) is 44.1 Å². The van der Waals surface area contributed by atoms with Gasteiger partial charge in [0.1, 0.15) is 0 Å². The molecule has 2 aliphatic rings. The van der Waals surface area contributed by atoms with Crippen molar-refractivity contribution in [2.45, 2.75) is 45.1 Å². The molecule has 2 aliphatic heterocycles. The van der Waals surface area contributed by atoms with Gasteiger partial charge < -0.3 is 9.84 Å². The van der Waals surface area contributed by atoms with Crippen molar-refractivity contribution in [2.75, 3.05) is 26.3 Å². The van der Waals surface area contributed by atoms with Gasteiger partial charge in [-0.1, -0.05) is 6.92 Å². The third kappa shape index (κ3) is 3.69. The predicted molar refractivity (Wildman–Crippen MR) is 69.6 cm³/mol. The van der Waals surface area contributed by atoms with Gasteiger partial charge in [0, 0.05) is 32.2 Å². The van der Waals surface area contributed by atoms with Crippen LogP contribution in [0.5, 0.6) is 0 Å². The molecule has 0 aromatic rings. The van der Waals surface area contributed by atoms with E-state index in [9.17, 15) is 4.79 Å². The van der Waals surface area contributed by atoms with Gasteiger partial charge in [-0.25, -0.2) is 0 Å². The summed E-state index contributed by atoms with van der Waals surface area (Å²) in [5.41, 5.74) is 0. The fourth-order valence-corrected chi connectivity index (χ4v) is 3.33. The van der Waals surface area contributed by atoms with Gasteiger partial charge in [0.25, 0.3) is 0 Å². The van der Waals surface area contributed by atoms with E-state index in [0.717, 1.165) is 32.6 Å². The molecule has 2 rings (SSSR count). The number of hydrogen-bond acceptors (Lipinski definition) is 3. The van der Waals surface area contributed by atoms with E-state index in [4.69, 9.17) is 9.84 Å². The van der Waals surface area contributed by atoms with Crippen molar-refractivity contribution in [3.05, 3.63) is 0 Å². The molecule has 1 N–H and O–H groups in total. The first-order chi connectivity index (χ1) is 8.66. The highest BCUT2D eigenvalue weighted by molar-refractivity contribution is 5.67. The molecule has 0 aromatic heterocycles. The fraction of sp³-hybridized carbons (Fsp3) is 0.929. The summed E-state index contributed by atoms with van der Waals surface area (Å²) >= 11 is 0. The van der Waals surface area contributed by atoms with Crippen LogP contribution in [0, 0.1) is 11.8 Å². The molecule has 4 heteroatoms. The second-order valence-corrected chi connectivity index (χ2v) is 5.82. The molecule has 2 unspecified atom stereocenters. The number of nitrogens with zero attached hydrogens (tertiary/aromatic N) is 1. The lowest BCUT2D eigenvalue weighted by atomic mass is 9.84. The zero-order valence-electron chi connectivity index (χ0n) is 11.3. The van der Waals surface area contributed by atoms with Gasteiger partial charge in [0.05, 0.1) is 0 Å². The monoisotopic (exact) mass is 255 g/mol. The molecule has 0 amide bonds. The van der Waals surface area contributed by atoms with E-state index in [-0.39, 0.29) is 0 Å². The molecule has 0 aliphatic carbocycles. The molecule has 4 nitrogen and oxygen atoms in total. The largest absolute Gasteiger partial charge is 0.481 e. The number of carboxylic acid groups (broad SMARTS) is 1. The summed E-state index contributed by atoms with van der Waals surface area (Å²) in [6.45, 7) is 6.12. The van der Waals surface area contributed by atoms with E-state index >= 15 is 0 Å². The van der Waals surface area contributed by atoms with Crippen molar-refractivity contribution in [1.82, 2.24) is 4.90 Å². The van der Waals surface area contributed by atoms with Gasteiger partial charge in [0.2, 0.25) is 0 Å². The van der Waals surface area contributed by atoms with E-state index in [0.29, 0.717) is 24.3 Å². The Kier molecular flexibility index (Phi) is 5.01. The third-order valence-corrected chi connectivity index (χ3v) is 4.50. The quantitative estimate of drug-likeness (QED) is 0.834. The highest BCUT2D eigenvalue weighted by Crippen LogP contribution is 2.29. The average molecular weight is 255 g/mol. The molecule has 2 atom stereocenters. The van der Waals surface area contributed by atoms with Gasteiger partial charge in [-0.3, -0.25) is 9.69 Å². The van der Waals surface area contributed by atoms with E-state index in [2.05, 4.69) is 11.8 Å².